The number of aromatic amines is 1. The van der Waals surface area contributed by atoms with E-state index in [-0.39, 0.29) is 0 Å². The Kier molecular flexibility index (Phi) is 4.53. The van der Waals surface area contributed by atoms with Crippen LogP contribution in [0.25, 0.3) is 22.4 Å². The molecular weight excluding hydrogens is 352 g/mol. The van der Waals surface area contributed by atoms with Gasteiger partial charge in [-0.25, -0.2) is 9.37 Å². The number of imidazole rings is 1. The Morgan fingerprint density at radius 2 is 1.80 bits per heavy atom. The maximum atomic E-state index is 14.2. The average molecular weight is 368 g/mol. The summed E-state index contributed by atoms with van der Waals surface area (Å²) in [5.74, 6) is 1.43. The van der Waals surface area contributed by atoms with E-state index in [9.17, 15) is 17.6 Å². The van der Waals surface area contributed by atoms with Gasteiger partial charge in [0.2, 0.25) is 5.67 Å². The van der Waals surface area contributed by atoms with E-state index in [1.165, 1.54) is 6.07 Å². The number of nitrogens with one attached hydrogen (secondary N) is 1. The van der Waals surface area contributed by atoms with E-state index < -0.39 is 17.4 Å². The normalized spacial score (nSPS) is 14.6. The first kappa shape index (κ1) is 17.8. The number of hydrogen-bond donors (Lipinski definition) is 1. The molecule has 0 aliphatic rings. The monoisotopic (exact) mass is 368 g/mol. The zero-order chi connectivity index (χ0) is 18.2. The van der Waals surface area contributed by atoms with E-state index in [2.05, 4.69) is 9.97 Å². The molecule has 3 rings (SSSR count). The number of aromatic nitrogens is 2. The molecule has 3 aromatic rings. The molecule has 0 aliphatic carbocycles. The number of halogens is 4. The first-order valence-electron chi connectivity index (χ1n) is 7.72. The van der Waals surface area contributed by atoms with Crippen LogP contribution in [0.15, 0.2) is 47.4 Å². The number of benzene rings is 2. The zero-order valence-corrected chi connectivity index (χ0v) is 14.4. The predicted octanol–water partition coefficient (Wildman–Crippen LogP) is 6.09. The van der Waals surface area contributed by atoms with E-state index >= 15 is 0 Å². The van der Waals surface area contributed by atoms with Crippen molar-refractivity contribution >= 4 is 22.8 Å². The van der Waals surface area contributed by atoms with Gasteiger partial charge >= 0.3 is 6.18 Å². The number of alkyl halides is 4. The molecule has 132 valence electrons. The Morgan fingerprint density at radius 3 is 2.48 bits per heavy atom. The van der Waals surface area contributed by atoms with Crippen LogP contribution in [0.5, 0.6) is 0 Å². The quantitative estimate of drug-likeness (QED) is 0.446. The molecule has 7 heteroatoms. The second-order valence-electron chi connectivity index (χ2n) is 5.75. The van der Waals surface area contributed by atoms with Crippen LogP contribution in [0.4, 0.5) is 17.6 Å². The Hall–Kier alpha value is -2.02. The fourth-order valence-corrected chi connectivity index (χ4v) is 3.34. The van der Waals surface area contributed by atoms with Crippen LogP contribution in [0.1, 0.15) is 19.4 Å². The van der Waals surface area contributed by atoms with Crippen molar-refractivity contribution in [1.82, 2.24) is 9.97 Å². The smallest absolute Gasteiger partial charge is 0.338 e. The van der Waals surface area contributed by atoms with Crippen molar-refractivity contribution in [2.45, 2.75) is 30.6 Å². The molecule has 0 aliphatic heterocycles. The van der Waals surface area contributed by atoms with Gasteiger partial charge in [0, 0.05) is 16.0 Å². The summed E-state index contributed by atoms with van der Waals surface area (Å²) < 4.78 is 52.9. The first-order chi connectivity index (χ1) is 11.7. The highest BCUT2D eigenvalue weighted by Gasteiger charge is 2.53. The number of fused-ring (bicyclic) bond motifs is 1. The molecule has 25 heavy (non-hydrogen) atoms. The highest BCUT2D eigenvalue weighted by Crippen LogP contribution is 2.42. The summed E-state index contributed by atoms with van der Waals surface area (Å²) in [5.41, 5.74) is -2.14. The molecule has 1 unspecified atom stereocenters. The lowest BCUT2D eigenvalue weighted by atomic mass is 9.97. The third kappa shape index (κ3) is 3.25. The number of thioether (sulfide) groups is 1. The first-order valence-corrected chi connectivity index (χ1v) is 8.70. The van der Waals surface area contributed by atoms with Crippen molar-refractivity contribution in [1.29, 1.82) is 0 Å². The summed E-state index contributed by atoms with van der Waals surface area (Å²) in [4.78, 5) is 8.50. The van der Waals surface area contributed by atoms with Gasteiger partial charge in [0.25, 0.3) is 0 Å². The van der Waals surface area contributed by atoms with Gasteiger partial charge in [-0.3, -0.25) is 0 Å². The molecule has 1 heterocycles. The SMILES string of the molecule is CCSc1ccccc1-c1nc2cc(C(C)(F)C(F)(F)F)ccc2[nH]1. The Balaban J connectivity index is 2.08. The summed E-state index contributed by atoms with van der Waals surface area (Å²) in [6.07, 6.45) is -4.98. The van der Waals surface area contributed by atoms with Gasteiger partial charge in [0.1, 0.15) is 5.82 Å². The number of rotatable bonds is 4. The second kappa shape index (κ2) is 6.37. The Bertz CT molecular complexity index is 899. The van der Waals surface area contributed by atoms with Crippen LogP contribution >= 0.6 is 11.8 Å². The summed E-state index contributed by atoms with van der Waals surface area (Å²) in [6, 6.07) is 11.4. The minimum atomic E-state index is -4.98. The van der Waals surface area contributed by atoms with Crippen LogP contribution in [-0.2, 0) is 5.67 Å². The number of hydrogen-bond acceptors (Lipinski definition) is 2. The van der Waals surface area contributed by atoms with Gasteiger partial charge < -0.3 is 4.98 Å². The predicted molar refractivity (Wildman–Crippen MR) is 92.4 cm³/mol. The van der Waals surface area contributed by atoms with Crippen molar-refractivity contribution in [3.63, 3.8) is 0 Å². The third-order valence-corrected chi connectivity index (χ3v) is 4.96. The van der Waals surface area contributed by atoms with E-state index in [0.717, 1.165) is 28.3 Å². The van der Waals surface area contributed by atoms with E-state index in [4.69, 9.17) is 0 Å². The highest BCUT2D eigenvalue weighted by molar-refractivity contribution is 7.99. The van der Waals surface area contributed by atoms with Gasteiger partial charge in [-0.15, -0.1) is 11.8 Å². The van der Waals surface area contributed by atoms with E-state index in [0.29, 0.717) is 23.8 Å². The lowest BCUT2D eigenvalue weighted by molar-refractivity contribution is -0.228. The van der Waals surface area contributed by atoms with Crippen LogP contribution in [0.2, 0.25) is 0 Å². The fraction of sp³-hybridized carbons (Fsp3) is 0.278. The van der Waals surface area contributed by atoms with Crippen LogP contribution in [0, 0.1) is 0 Å². The van der Waals surface area contributed by atoms with Crippen molar-refractivity contribution in [2.24, 2.45) is 0 Å². The van der Waals surface area contributed by atoms with Gasteiger partial charge in [0.15, 0.2) is 0 Å². The third-order valence-electron chi connectivity index (χ3n) is 4.00. The van der Waals surface area contributed by atoms with Crippen molar-refractivity contribution in [3.8, 4) is 11.4 Å². The highest BCUT2D eigenvalue weighted by atomic mass is 32.2. The molecule has 0 spiro atoms. The van der Waals surface area contributed by atoms with Crippen LogP contribution in [-0.4, -0.2) is 21.9 Å². The van der Waals surface area contributed by atoms with E-state index in [1.807, 2.05) is 31.2 Å². The molecular formula is C18H16F4N2S. The molecule has 1 atom stereocenters. The molecule has 0 radical (unpaired) electrons. The van der Waals surface area contributed by atoms with Crippen molar-refractivity contribution < 1.29 is 17.6 Å². The minimum Gasteiger partial charge on any atom is -0.338 e. The Morgan fingerprint density at radius 1 is 1.08 bits per heavy atom. The molecule has 0 saturated heterocycles. The molecule has 0 fully saturated rings. The average Bonchev–Trinajstić information content (AvgIpc) is 2.97. The summed E-state index contributed by atoms with van der Waals surface area (Å²) in [6.45, 7) is 2.56. The summed E-state index contributed by atoms with van der Waals surface area (Å²) in [7, 11) is 0. The molecule has 2 aromatic carbocycles. The largest absolute Gasteiger partial charge is 0.426 e. The maximum absolute atomic E-state index is 14.2. The minimum absolute atomic E-state index is 0.303. The molecule has 2 nitrogen and oxygen atoms in total. The zero-order valence-electron chi connectivity index (χ0n) is 13.6. The summed E-state index contributed by atoms with van der Waals surface area (Å²) >= 11 is 1.65. The molecule has 0 bridgehead atoms. The molecule has 1 N–H and O–H groups in total. The van der Waals surface area contributed by atoms with Crippen molar-refractivity contribution in [3.05, 3.63) is 48.0 Å². The van der Waals surface area contributed by atoms with Gasteiger partial charge in [0.05, 0.1) is 11.0 Å². The number of nitrogens with zero attached hydrogens (tertiary/aromatic N) is 1. The van der Waals surface area contributed by atoms with Gasteiger partial charge in [-0.05, 0) is 30.9 Å². The van der Waals surface area contributed by atoms with E-state index in [1.54, 1.807) is 11.8 Å². The standard InChI is InChI=1S/C18H16F4N2S/c1-3-25-15-7-5-4-6-12(15)16-23-13-9-8-11(10-14(13)24-16)17(2,19)18(20,21)22/h4-10H,3H2,1-2H3,(H,23,24). The van der Waals surface area contributed by atoms with Crippen molar-refractivity contribution in [2.75, 3.05) is 5.75 Å². The van der Waals surface area contributed by atoms with Crippen LogP contribution in [0.3, 0.4) is 0 Å². The van der Waals surface area contributed by atoms with Crippen LogP contribution < -0.4 is 0 Å². The maximum Gasteiger partial charge on any atom is 0.426 e. The van der Waals surface area contributed by atoms with Gasteiger partial charge in [-0.1, -0.05) is 31.2 Å². The molecule has 1 aromatic heterocycles. The fourth-order valence-electron chi connectivity index (χ4n) is 2.53. The second-order valence-corrected chi connectivity index (χ2v) is 7.05. The topological polar surface area (TPSA) is 28.7 Å². The number of H-pyrrole nitrogens is 1. The molecule has 0 saturated carbocycles. The molecule has 0 amide bonds. The summed E-state index contributed by atoms with van der Waals surface area (Å²) in [5, 5.41) is 0. The lowest BCUT2D eigenvalue weighted by Gasteiger charge is -2.23. The lowest BCUT2D eigenvalue weighted by Crippen LogP contribution is -2.34. The van der Waals surface area contributed by atoms with Gasteiger partial charge in [-0.2, -0.15) is 13.2 Å². The Labute approximate surface area is 146 Å².